The van der Waals surface area contributed by atoms with Crippen LogP contribution in [0.25, 0.3) is 0 Å². The van der Waals surface area contributed by atoms with Gasteiger partial charge in [0, 0.05) is 33.1 Å². The lowest BCUT2D eigenvalue weighted by atomic mass is 10.1. The molecule has 1 aromatic rings. The first kappa shape index (κ1) is 14.3. The molecule has 1 aliphatic heterocycles. The molecule has 0 bridgehead atoms. The summed E-state index contributed by atoms with van der Waals surface area (Å²) in [7, 11) is 0. The van der Waals surface area contributed by atoms with Crippen LogP contribution in [-0.4, -0.2) is 47.0 Å². The summed E-state index contributed by atoms with van der Waals surface area (Å²) in [6, 6.07) is 0. The Morgan fingerprint density at radius 1 is 1.20 bits per heavy atom. The largest absolute Gasteiger partial charge is 0.368 e. The van der Waals surface area contributed by atoms with Crippen LogP contribution in [0.15, 0.2) is 0 Å². The van der Waals surface area contributed by atoms with Crippen molar-refractivity contribution in [3.63, 3.8) is 0 Å². The van der Waals surface area contributed by atoms with Crippen molar-refractivity contribution in [3.05, 3.63) is 0 Å². The predicted molar refractivity (Wildman–Crippen MR) is 77.5 cm³/mol. The van der Waals surface area contributed by atoms with Crippen molar-refractivity contribution in [1.82, 2.24) is 20.3 Å². The zero-order chi connectivity index (χ0) is 14.4. The maximum absolute atomic E-state index is 10.8. The Balaban J connectivity index is 1.95. The Morgan fingerprint density at radius 3 is 2.65 bits per heavy atom. The van der Waals surface area contributed by atoms with E-state index < -0.39 is 0 Å². The number of rotatable bonds is 5. The standard InChI is InChI=1S/C12H21N7O/c1-9(20)14-5-6-15-11-16-10(13)17-12(18-11)19-7-3-2-4-8-19/h2-8H2,1H3,(H,14,20)(H3,13,15,16,17,18). The van der Waals surface area contributed by atoms with Crippen molar-refractivity contribution in [1.29, 1.82) is 0 Å². The van der Waals surface area contributed by atoms with Gasteiger partial charge < -0.3 is 21.3 Å². The zero-order valence-electron chi connectivity index (χ0n) is 11.7. The predicted octanol–water partition coefficient (Wildman–Crippen LogP) is -0.00790. The molecule has 8 heteroatoms. The number of carbonyl (C=O) groups is 1. The Bertz CT molecular complexity index is 459. The molecule has 2 heterocycles. The van der Waals surface area contributed by atoms with E-state index in [1.807, 2.05) is 0 Å². The summed E-state index contributed by atoms with van der Waals surface area (Å²) < 4.78 is 0. The first-order valence-electron chi connectivity index (χ1n) is 6.90. The fourth-order valence-corrected chi connectivity index (χ4v) is 2.11. The number of nitrogens with zero attached hydrogens (tertiary/aromatic N) is 4. The van der Waals surface area contributed by atoms with Gasteiger partial charge in [0.2, 0.25) is 23.8 Å². The molecule has 0 aliphatic carbocycles. The quantitative estimate of drug-likeness (QED) is 0.650. The third-order valence-electron chi connectivity index (χ3n) is 3.06. The number of hydrogen-bond acceptors (Lipinski definition) is 7. The topological polar surface area (TPSA) is 109 Å². The fraction of sp³-hybridized carbons (Fsp3) is 0.667. The van der Waals surface area contributed by atoms with Crippen LogP contribution in [0, 0.1) is 0 Å². The highest BCUT2D eigenvalue weighted by atomic mass is 16.1. The van der Waals surface area contributed by atoms with Gasteiger partial charge in [-0.25, -0.2) is 0 Å². The maximum Gasteiger partial charge on any atom is 0.231 e. The number of piperidine rings is 1. The van der Waals surface area contributed by atoms with E-state index in [0.29, 0.717) is 25.0 Å². The number of nitrogens with one attached hydrogen (secondary N) is 2. The summed E-state index contributed by atoms with van der Waals surface area (Å²) in [5, 5.41) is 5.73. The van der Waals surface area contributed by atoms with E-state index in [-0.39, 0.29) is 11.9 Å². The van der Waals surface area contributed by atoms with Gasteiger partial charge in [0.25, 0.3) is 0 Å². The molecule has 1 amide bonds. The van der Waals surface area contributed by atoms with Gasteiger partial charge in [-0.3, -0.25) is 4.79 Å². The third kappa shape index (κ3) is 4.22. The number of nitrogen functional groups attached to an aromatic ring is 1. The third-order valence-corrected chi connectivity index (χ3v) is 3.06. The maximum atomic E-state index is 10.8. The smallest absolute Gasteiger partial charge is 0.231 e. The molecule has 0 radical (unpaired) electrons. The molecule has 0 spiro atoms. The molecular weight excluding hydrogens is 258 g/mol. The Labute approximate surface area is 118 Å². The SMILES string of the molecule is CC(=O)NCCNc1nc(N)nc(N2CCCCC2)n1. The van der Waals surface area contributed by atoms with Gasteiger partial charge in [-0.05, 0) is 19.3 Å². The highest BCUT2D eigenvalue weighted by Crippen LogP contribution is 2.17. The average molecular weight is 279 g/mol. The molecule has 1 aliphatic rings. The average Bonchev–Trinajstić information content (AvgIpc) is 2.44. The second-order valence-corrected chi connectivity index (χ2v) is 4.77. The van der Waals surface area contributed by atoms with E-state index >= 15 is 0 Å². The minimum Gasteiger partial charge on any atom is -0.368 e. The van der Waals surface area contributed by atoms with E-state index in [0.717, 1.165) is 25.9 Å². The van der Waals surface area contributed by atoms with E-state index in [2.05, 4.69) is 30.5 Å². The molecule has 0 unspecified atom stereocenters. The number of nitrogens with two attached hydrogens (primary N) is 1. The minimum absolute atomic E-state index is 0.0593. The van der Waals surface area contributed by atoms with Gasteiger partial charge in [-0.1, -0.05) is 0 Å². The molecule has 110 valence electrons. The van der Waals surface area contributed by atoms with Crippen molar-refractivity contribution >= 4 is 23.8 Å². The molecule has 20 heavy (non-hydrogen) atoms. The van der Waals surface area contributed by atoms with Crippen LogP contribution in [-0.2, 0) is 4.79 Å². The van der Waals surface area contributed by atoms with Gasteiger partial charge in [-0.2, -0.15) is 15.0 Å². The first-order chi connectivity index (χ1) is 9.65. The highest BCUT2D eigenvalue weighted by Gasteiger charge is 2.15. The fourth-order valence-electron chi connectivity index (χ4n) is 2.11. The van der Waals surface area contributed by atoms with E-state index in [9.17, 15) is 4.79 Å². The van der Waals surface area contributed by atoms with Gasteiger partial charge >= 0.3 is 0 Å². The second-order valence-electron chi connectivity index (χ2n) is 4.77. The lowest BCUT2D eigenvalue weighted by Crippen LogP contribution is -2.32. The first-order valence-corrected chi connectivity index (χ1v) is 6.90. The van der Waals surface area contributed by atoms with Crippen LogP contribution < -0.4 is 21.3 Å². The summed E-state index contributed by atoms with van der Waals surface area (Å²) in [5.41, 5.74) is 5.72. The van der Waals surface area contributed by atoms with Crippen LogP contribution in [0.1, 0.15) is 26.2 Å². The van der Waals surface area contributed by atoms with Crippen molar-refractivity contribution in [2.75, 3.05) is 42.1 Å². The second kappa shape index (κ2) is 6.88. The van der Waals surface area contributed by atoms with Gasteiger partial charge in [0.1, 0.15) is 0 Å². The van der Waals surface area contributed by atoms with Crippen molar-refractivity contribution in [2.45, 2.75) is 26.2 Å². The number of hydrogen-bond donors (Lipinski definition) is 3. The van der Waals surface area contributed by atoms with E-state index in [1.165, 1.54) is 13.3 Å². The Morgan fingerprint density at radius 2 is 1.95 bits per heavy atom. The van der Waals surface area contributed by atoms with Crippen LogP contribution >= 0.6 is 0 Å². The molecular formula is C12H21N7O. The molecule has 1 saturated heterocycles. The molecule has 1 fully saturated rings. The Kier molecular flexibility index (Phi) is 4.91. The number of aromatic nitrogens is 3. The lowest BCUT2D eigenvalue weighted by molar-refractivity contribution is -0.118. The number of amides is 1. The molecule has 0 aromatic carbocycles. The van der Waals surface area contributed by atoms with Crippen LogP contribution in [0.5, 0.6) is 0 Å². The van der Waals surface area contributed by atoms with Crippen LogP contribution in [0.4, 0.5) is 17.8 Å². The molecule has 4 N–H and O–H groups in total. The molecule has 0 saturated carbocycles. The monoisotopic (exact) mass is 279 g/mol. The number of anilines is 3. The molecule has 1 aromatic heterocycles. The van der Waals surface area contributed by atoms with Crippen molar-refractivity contribution in [2.24, 2.45) is 0 Å². The summed E-state index contributed by atoms with van der Waals surface area (Å²) in [4.78, 5) is 25.5. The summed E-state index contributed by atoms with van der Waals surface area (Å²) in [6.45, 7) is 4.45. The molecule has 0 atom stereocenters. The summed E-state index contributed by atoms with van der Waals surface area (Å²) in [5.74, 6) is 1.22. The zero-order valence-corrected chi connectivity index (χ0v) is 11.7. The van der Waals surface area contributed by atoms with Crippen LogP contribution in [0.2, 0.25) is 0 Å². The van der Waals surface area contributed by atoms with Gasteiger partial charge in [0.05, 0.1) is 0 Å². The molecule has 8 nitrogen and oxygen atoms in total. The van der Waals surface area contributed by atoms with Gasteiger partial charge in [-0.15, -0.1) is 0 Å². The number of carbonyl (C=O) groups excluding carboxylic acids is 1. The van der Waals surface area contributed by atoms with E-state index in [4.69, 9.17) is 5.73 Å². The summed E-state index contributed by atoms with van der Waals surface area (Å²) >= 11 is 0. The van der Waals surface area contributed by atoms with Gasteiger partial charge in [0.15, 0.2) is 0 Å². The normalized spacial score (nSPS) is 14.9. The molecule has 2 rings (SSSR count). The van der Waals surface area contributed by atoms with E-state index in [1.54, 1.807) is 0 Å². The van der Waals surface area contributed by atoms with Crippen molar-refractivity contribution < 1.29 is 4.79 Å². The minimum atomic E-state index is -0.0593. The van der Waals surface area contributed by atoms with Crippen molar-refractivity contribution in [3.8, 4) is 0 Å². The summed E-state index contributed by atoms with van der Waals surface area (Å²) in [6.07, 6.45) is 3.55. The Hall–Kier alpha value is -2.12. The lowest BCUT2D eigenvalue weighted by Gasteiger charge is -2.26. The van der Waals surface area contributed by atoms with Crippen LogP contribution in [0.3, 0.4) is 0 Å². The highest BCUT2D eigenvalue weighted by molar-refractivity contribution is 5.72.